The zero-order valence-corrected chi connectivity index (χ0v) is 11.5. The Balaban J connectivity index is 2.24. The molecule has 0 spiro atoms. The maximum Gasteiger partial charge on any atom is 0.126 e. The summed E-state index contributed by atoms with van der Waals surface area (Å²) in [7, 11) is 0. The lowest BCUT2D eigenvalue weighted by Crippen LogP contribution is -2.23. The van der Waals surface area contributed by atoms with Gasteiger partial charge in [-0.25, -0.2) is 4.39 Å². The topological polar surface area (TPSA) is 24.9 Å². The number of halogens is 2. The van der Waals surface area contributed by atoms with Crippen LogP contribution in [-0.2, 0) is 6.42 Å². The van der Waals surface area contributed by atoms with Gasteiger partial charge in [-0.1, -0.05) is 18.5 Å². The van der Waals surface area contributed by atoms with E-state index in [1.165, 1.54) is 6.07 Å². The lowest BCUT2D eigenvalue weighted by Gasteiger charge is -2.18. The minimum Gasteiger partial charge on any atom is -0.310 e. The van der Waals surface area contributed by atoms with Gasteiger partial charge in [0.1, 0.15) is 5.82 Å². The summed E-state index contributed by atoms with van der Waals surface area (Å²) in [6, 6.07) is 8.59. The van der Waals surface area contributed by atoms with Gasteiger partial charge in [0, 0.05) is 23.5 Å². The van der Waals surface area contributed by atoms with Crippen molar-refractivity contribution in [3.8, 4) is 0 Å². The van der Waals surface area contributed by atoms with Gasteiger partial charge in [-0.15, -0.1) is 0 Å². The fraction of sp³-hybridized carbons (Fsp3) is 0.267. The molecular weight excluding hydrogens is 263 g/mol. The zero-order chi connectivity index (χ0) is 13.7. The van der Waals surface area contributed by atoms with Crippen molar-refractivity contribution >= 4 is 11.6 Å². The van der Waals surface area contributed by atoms with Crippen molar-refractivity contribution < 1.29 is 4.39 Å². The molecule has 4 heteroatoms. The van der Waals surface area contributed by atoms with E-state index >= 15 is 0 Å². The minimum absolute atomic E-state index is 0.0565. The molecule has 1 atom stereocenters. The maximum absolute atomic E-state index is 13.8. The lowest BCUT2D eigenvalue weighted by atomic mass is 9.99. The van der Waals surface area contributed by atoms with E-state index in [1.54, 1.807) is 24.5 Å². The minimum atomic E-state index is -0.221. The maximum atomic E-state index is 13.8. The standard InChI is InChI=1S/C15H16ClFN2/c1-2-19-15(11-5-7-18-8-6-11)10-12-9-13(16)3-4-14(12)17/h3-9,15,19H,2,10H2,1H3. The number of aromatic nitrogens is 1. The summed E-state index contributed by atoms with van der Waals surface area (Å²) in [5.74, 6) is -0.221. The summed E-state index contributed by atoms with van der Waals surface area (Å²) in [5, 5.41) is 3.91. The van der Waals surface area contributed by atoms with Crippen LogP contribution in [0, 0.1) is 5.82 Å². The van der Waals surface area contributed by atoms with E-state index in [0.717, 1.165) is 12.1 Å². The number of pyridine rings is 1. The molecular formula is C15H16ClFN2. The summed E-state index contributed by atoms with van der Waals surface area (Å²) < 4.78 is 13.8. The smallest absolute Gasteiger partial charge is 0.126 e. The predicted octanol–water partition coefficient (Wildman–Crippen LogP) is 3.77. The van der Waals surface area contributed by atoms with Crippen LogP contribution in [-0.4, -0.2) is 11.5 Å². The predicted molar refractivity (Wildman–Crippen MR) is 75.8 cm³/mol. The van der Waals surface area contributed by atoms with Gasteiger partial charge in [-0.2, -0.15) is 0 Å². The number of hydrogen-bond donors (Lipinski definition) is 1. The Hall–Kier alpha value is -1.45. The molecule has 0 saturated carbocycles. The summed E-state index contributed by atoms with van der Waals surface area (Å²) in [6.07, 6.45) is 4.05. The first-order valence-corrected chi connectivity index (χ1v) is 6.65. The van der Waals surface area contributed by atoms with Crippen molar-refractivity contribution in [3.63, 3.8) is 0 Å². The van der Waals surface area contributed by atoms with Gasteiger partial charge in [-0.05, 0) is 54.4 Å². The summed E-state index contributed by atoms with van der Waals surface area (Å²) >= 11 is 5.93. The van der Waals surface area contributed by atoms with Crippen LogP contribution in [0.15, 0.2) is 42.7 Å². The fourth-order valence-electron chi connectivity index (χ4n) is 2.07. The van der Waals surface area contributed by atoms with Gasteiger partial charge < -0.3 is 5.32 Å². The summed E-state index contributed by atoms with van der Waals surface area (Å²) in [5.41, 5.74) is 1.71. The molecule has 19 heavy (non-hydrogen) atoms. The molecule has 0 bridgehead atoms. The molecule has 1 aromatic heterocycles. The summed E-state index contributed by atoms with van der Waals surface area (Å²) in [4.78, 5) is 4.00. The molecule has 100 valence electrons. The third kappa shape index (κ3) is 3.75. The number of nitrogens with one attached hydrogen (secondary N) is 1. The van der Waals surface area contributed by atoms with Crippen LogP contribution in [0.2, 0.25) is 5.02 Å². The van der Waals surface area contributed by atoms with Gasteiger partial charge in [-0.3, -0.25) is 4.98 Å². The highest BCUT2D eigenvalue weighted by Gasteiger charge is 2.13. The van der Waals surface area contributed by atoms with Crippen LogP contribution in [0.3, 0.4) is 0 Å². The first-order valence-electron chi connectivity index (χ1n) is 6.28. The Morgan fingerprint density at radius 2 is 2.00 bits per heavy atom. The molecule has 1 heterocycles. The van der Waals surface area contributed by atoms with E-state index in [1.807, 2.05) is 19.1 Å². The number of nitrogens with zero attached hydrogens (tertiary/aromatic N) is 1. The van der Waals surface area contributed by atoms with Gasteiger partial charge in [0.2, 0.25) is 0 Å². The number of likely N-dealkylation sites (N-methyl/N-ethyl adjacent to an activating group) is 1. The van der Waals surface area contributed by atoms with Crippen molar-refractivity contribution in [2.75, 3.05) is 6.54 Å². The van der Waals surface area contributed by atoms with Crippen molar-refractivity contribution in [1.29, 1.82) is 0 Å². The van der Waals surface area contributed by atoms with Gasteiger partial charge in [0.05, 0.1) is 0 Å². The van der Waals surface area contributed by atoms with E-state index in [9.17, 15) is 4.39 Å². The molecule has 1 unspecified atom stereocenters. The molecule has 0 amide bonds. The fourth-order valence-corrected chi connectivity index (χ4v) is 2.26. The molecule has 2 rings (SSSR count). The molecule has 0 aliphatic carbocycles. The molecule has 0 saturated heterocycles. The second-order valence-corrected chi connectivity index (χ2v) is 4.77. The van der Waals surface area contributed by atoms with Crippen LogP contribution in [0.1, 0.15) is 24.1 Å². The lowest BCUT2D eigenvalue weighted by molar-refractivity contribution is 0.527. The quantitative estimate of drug-likeness (QED) is 0.901. The van der Waals surface area contributed by atoms with Crippen LogP contribution in [0.5, 0.6) is 0 Å². The number of benzene rings is 1. The van der Waals surface area contributed by atoms with Gasteiger partial charge >= 0.3 is 0 Å². The highest BCUT2D eigenvalue weighted by atomic mass is 35.5. The molecule has 0 radical (unpaired) electrons. The number of rotatable bonds is 5. The van der Waals surface area contributed by atoms with E-state index in [-0.39, 0.29) is 11.9 Å². The Kier molecular flexibility index (Phi) is 4.88. The zero-order valence-electron chi connectivity index (χ0n) is 10.7. The van der Waals surface area contributed by atoms with E-state index in [0.29, 0.717) is 17.0 Å². The SMILES string of the molecule is CCNC(Cc1cc(Cl)ccc1F)c1ccncc1. The first kappa shape index (κ1) is 14.0. The molecule has 0 aliphatic heterocycles. The van der Waals surface area contributed by atoms with Gasteiger partial charge in [0.25, 0.3) is 0 Å². The largest absolute Gasteiger partial charge is 0.310 e. The number of hydrogen-bond acceptors (Lipinski definition) is 2. The second kappa shape index (κ2) is 6.64. The highest BCUT2D eigenvalue weighted by molar-refractivity contribution is 6.30. The molecule has 2 aromatic rings. The first-order chi connectivity index (χ1) is 9.20. The average Bonchev–Trinajstić information content (AvgIpc) is 2.43. The third-order valence-electron chi connectivity index (χ3n) is 2.99. The molecule has 0 aliphatic rings. The van der Waals surface area contributed by atoms with Crippen LogP contribution < -0.4 is 5.32 Å². The van der Waals surface area contributed by atoms with Crippen LogP contribution in [0.4, 0.5) is 4.39 Å². The Bertz CT molecular complexity index is 531. The molecule has 2 nitrogen and oxygen atoms in total. The monoisotopic (exact) mass is 278 g/mol. The summed E-state index contributed by atoms with van der Waals surface area (Å²) in [6.45, 7) is 2.84. The Morgan fingerprint density at radius 1 is 1.26 bits per heavy atom. The van der Waals surface area contributed by atoms with Crippen molar-refractivity contribution in [1.82, 2.24) is 10.3 Å². The van der Waals surface area contributed by atoms with Crippen molar-refractivity contribution in [3.05, 3.63) is 64.7 Å². The van der Waals surface area contributed by atoms with Crippen LogP contribution >= 0.6 is 11.6 Å². The Labute approximate surface area is 117 Å². The van der Waals surface area contributed by atoms with Crippen molar-refractivity contribution in [2.45, 2.75) is 19.4 Å². The average molecular weight is 279 g/mol. The third-order valence-corrected chi connectivity index (χ3v) is 3.23. The van der Waals surface area contributed by atoms with Crippen LogP contribution in [0.25, 0.3) is 0 Å². The van der Waals surface area contributed by atoms with E-state index in [4.69, 9.17) is 11.6 Å². The van der Waals surface area contributed by atoms with E-state index in [2.05, 4.69) is 10.3 Å². The van der Waals surface area contributed by atoms with E-state index < -0.39 is 0 Å². The Morgan fingerprint density at radius 3 is 2.68 bits per heavy atom. The van der Waals surface area contributed by atoms with Gasteiger partial charge in [0.15, 0.2) is 0 Å². The molecule has 1 aromatic carbocycles. The molecule has 0 fully saturated rings. The normalized spacial score (nSPS) is 12.4. The van der Waals surface area contributed by atoms with Crippen molar-refractivity contribution in [2.24, 2.45) is 0 Å². The molecule has 1 N–H and O–H groups in total. The highest BCUT2D eigenvalue weighted by Crippen LogP contribution is 2.22. The second-order valence-electron chi connectivity index (χ2n) is 4.33.